The van der Waals surface area contributed by atoms with Crippen LogP contribution in [0.5, 0.6) is 17.2 Å². The molecule has 5 heteroatoms. The van der Waals surface area contributed by atoms with Gasteiger partial charge < -0.3 is 19.5 Å². The summed E-state index contributed by atoms with van der Waals surface area (Å²) in [4.78, 5) is 13.9. The molecule has 0 spiro atoms. The third-order valence-electron chi connectivity index (χ3n) is 4.50. The van der Waals surface area contributed by atoms with E-state index in [2.05, 4.69) is 0 Å². The van der Waals surface area contributed by atoms with Crippen LogP contribution in [0, 0.1) is 0 Å². The highest BCUT2D eigenvalue weighted by atomic mass is 16.5. The maximum atomic E-state index is 12.2. The number of methoxy groups -OCH3 is 1. The molecule has 0 bridgehead atoms. The van der Waals surface area contributed by atoms with Crippen molar-refractivity contribution in [3.63, 3.8) is 0 Å². The predicted molar refractivity (Wildman–Crippen MR) is 100 cm³/mol. The number of hydrogen-bond acceptors (Lipinski definition) is 4. The molecular weight excluding hydrogens is 330 g/mol. The van der Waals surface area contributed by atoms with Crippen molar-refractivity contribution in [1.29, 1.82) is 0 Å². The molecule has 1 aliphatic heterocycles. The zero-order valence-electron chi connectivity index (χ0n) is 15.2. The molecule has 0 fully saturated rings. The molecule has 2 aromatic rings. The highest BCUT2D eigenvalue weighted by Gasteiger charge is 2.28. The van der Waals surface area contributed by atoms with Crippen LogP contribution in [0.3, 0.4) is 0 Å². The van der Waals surface area contributed by atoms with E-state index in [1.807, 2.05) is 37.3 Å². The van der Waals surface area contributed by atoms with E-state index >= 15 is 0 Å². The summed E-state index contributed by atoms with van der Waals surface area (Å²) in [6, 6.07) is 11.2. The lowest BCUT2D eigenvalue weighted by molar-refractivity contribution is -0.128. The summed E-state index contributed by atoms with van der Waals surface area (Å²) in [5, 5.41) is 10.1. The quantitative estimate of drug-likeness (QED) is 0.885. The lowest BCUT2D eigenvalue weighted by Crippen LogP contribution is -2.32. The number of fused-ring (bicyclic) bond motifs is 1. The van der Waals surface area contributed by atoms with Gasteiger partial charge in [-0.15, -0.1) is 0 Å². The summed E-state index contributed by atoms with van der Waals surface area (Å²) in [5.74, 6) is 1.26. The van der Waals surface area contributed by atoms with Gasteiger partial charge in [0.15, 0.2) is 11.5 Å². The van der Waals surface area contributed by atoms with E-state index in [0.717, 1.165) is 22.4 Å². The van der Waals surface area contributed by atoms with Gasteiger partial charge in [0.2, 0.25) is 5.91 Å². The SMILES string of the molecule is CCOc1cccc(CC2c3cc(OC)c(O)cc3C=CN2C(C)=O)c1. The topological polar surface area (TPSA) is 59.0 Å². The Balaban J connectivity index is 2.01. The molecule has 0 aliphatic carbocycles. The summed E-state index contributed by atoms with van der Waals surface area (Å²) >= 11 is 0. The third-order valence-corrected chi connectivity index (χ3v) is 4.50. The Kier molecular flexibility index (Phi) is 5.16. The van der Waals surface area contributed by atoms with Crippen molar-refractivity contribution in [1.82, 2.24) is 4.90 Å². The van der Waals surface area contributed by atoms with E-state index < -0.39 is 0 Å². The van der Waals surface area contributed by atoms with Crippen LogP contribution in [0.4, 0.5) is 0 Å². The van der Waals surface area contributed by atoms with Crippen LogP contribution < -0.4 is 9.47 Å². The molecule has 1 atom stereocenters. The molecule has 26 heavy (non-hydrogen) atoms. The van der Waals surface area contributed by atoms with Crippen LogP contribution in [0.15, 0.2) is 42.6 Å². The fourth-order valence-corrected chi connectivity index (χ4v) is 3.30. The van der Waals surface area contributed by atoms with E-state index in [4.69, 9.17) is 9.47 Å². The van der Waals surface area contributed by atoms with E-state index in [9.17, 15) is 9.90 Å². The smallest absolute Gasteiger partial charge is 0.223 e. The van der Waals surface area contributed by atoms with Gasteiger partial charge in [-0.05, 0) is 60.4 Å². The molecule has 1 heterocycles. The number of phenolic OH excluding ortho intramolecular Hbond substituents is 1. The van der Waals surface area contributed by atoms with Gasteiger partial charge in [0.05, 0.1) is 19.8 Å². The van der Waals surface area contributed by atoms with Crippen molar-refractivity contribution in [2.24, 2.45) is 0 Å². The number of carbonyl (C=O) groups is 1. The van der Waals surface area contributed by atoms with Gasteiger partial charge in [0.25, 0.3) is 0 Å². The largest absolute Gasteiger partial charge is 0.504 e. The van der Waals surface area contributed by atoms with Crippen LogP contribution in [0.2, 0.25) is 0 Å². The summed E-state index contributed by atoms with van der Waals surface area (Å²) in [6.07, 6.45) is 4.24. The maximum absolute atomic E-state index is 12.2. The number of ether oxygens (including phenoxy) is 2. The van der Waals surface area contributed by atoms with Gasteiger partial charge in [-0.1, -0.05) is 12.1 Å². The van der Waals surface area contributed by atoms with E-state index in [1.165, 1.54) is 7.11 Å². The molecule has 1 unspecified atom stereocenters. The molecule has 2 aromatic carbocycles. The molecule has 0 saturated carbocycles. The molecule has 136 valence electrons. The molecular formula is C21H23NO4. The van der Waals surface area contributed by atoms with Crippen LogP contribution in [-0.2, 0) is 11.2 Å². The molecule has 0 radical (unpaired) electrons. The number of benzene rings is 2. The molecule has 3 rings (SSSR count). The fourth-order valence-electron chi connectivity index (χ4n) is 3.30. The zero-order valence-corrected chi connectivity index (χ0v) is 15.2. The molecule has 0 aromatic heterocycles. The zero-order chi connectivity index (χ0) is 18.7. The number of aromatic hydroxyl groups is 1. The van der Waals surface area contributed by atoms with E-state index in [0.29, 0.717) is 18.8 Å². The number of hydrogen-bond donors (Lipinski definition) is 1. The Labute approximate surface area is 153 Å². The average molecular weight is 353 g/mol. The number of amides is 1. The van der Waals surface area contributed by atoms with Crippen molar-refractivity contribution in [2.75, 3.05) is 13.7 Å². The molecule has 1 amide bonds. The van der Waals surface area contributed by atoms with Crippen molar-refractivity contribution in [2.45, 2.75) is 26.3 Å². The number of nitrogens with zero attached hydrogens (tertiary/aromatic N) is 1. The van der Waals surface area contributed by atoms with E-state index in [1.54, 1.807) is 30.2 Å². The third kappa shape index (κ3) is 3.52. The van der Waals surface area contributed by atoms with Crippen molar-refractivity contribution < 1.29 is 19.4 Å². The Morgan fingerprint density at radius 1 is 1.27 bits per heavy atom. The monoisotopic (exact) mass is 353 g/mol. The number of phenols is 1. The standard InChI is InChI=1S/C21H23NO4/c1-4-26-17-7-5-6-15(10-17)11-19-18-13-21(25-3)20(24)12-16(18)8-9-22(19)14(2)23/h5-10,12-13,19,24H,4,11H2,1-3H3. The Hall–Kier alpha value is -2.95. The highest BCUT2D eigenvalue weighted by Crippen LogP contribution is 2.39. The van der Waals surface area contributed by atoms with Crippen molar-refractivity contribution >= 4 is 12.0 Å². The predicted octanol–water partition coefficient (Wildman–Crippen LogP) is 3.92. The van der Waals surface area contributed by atoms with Crippen LogP contribution in [0.1, 0.15) is 36.6 Å². The Morgan fingerprint density at radius 3 is 2.77 bits per heavy atom. The normalized spacial score (nSPS) is 15.5. The fraction of sp³-hybridized carbons (Fsp3) is 0.286. The second-order valence-corrected chi connectivity index (χ2v) is 6.20. The van der Waals surface area contributed by atoms with Crippen molar-refractivity contribution in [3.8, 4) is 17.2 Å². The molecule has 1 N–H and O–H groups in total. The first-order valence-corrected chi connectivity index (χ1v) is 8.63. The van der Waals surface area contributed by atoms with Gasteiger partial charge in [0.1, 0.15) is 5.75 Å². The molecule has 0 saturated heterocycles. The van der Waals surface area contributed by atoms with Gasteiger partial charge in [0, 0.05) is 13.1 Å². The lowest BCUT2D eigenvalue weighted by Gasteiger charge is -2.33. The highest BCUT2D eigenvalue weighted by molar-refractivity contribution is 5.78. The molecule has 1 aliphatic rings. The van der Waals surface area contributed by atoms with Gasteiger partial charge in [-0.2, -0.15) is 0 Å². The van der Waals surface area contributed by atoms with Crippen LogP contribution >= 0.6 is 0 Å². The van der Waals surface area contributed by atoms with Crippen LogP contribution in [-0.4, -0.2) is 29.6 Å². The molecule has 5 nitrogen and oxygen atoms in total. The average Bonchev–Trinajstić information content (AvgIpc) is 2.61. The van der Waals surface area contributed by atoms with Crippen LogP contribution in [0.25, 0.3) is 6.08 Å². The summed E-state index contributed by atoms with van der Waals surface area (Å²) < 4.78 is 10.8. The minimum Gasteiger partial charge on any atom is -0.504 e. The first-order chi connectivity index (χ1) is 12.5. The van der Waals surface area contributed by atoms with Crippen molar-refractivity contribution in [3.05, 3.63) is 59.3 Å². The minimum absolute atomic E-state index is 0.0371. The summed E-state index contributed by atoms with van der Waals surface area (Å²) in [5.41, 5.74) is 2.89. The second kappa shape index (κ2) is 7.52. The van der Waals surface area contributed by atoms with Gasteiger partial charge in [-0.3, -0.25) is 4.79 Å². The van der Waals surface area contributed by atoms with E-state index in [-0.39, 0.29) is 17.7 Å². The Morgan fingerprint density at radius 2 is 2.08 bits per heavy atom. The first-order valence-electron chi connectivity index (χ1n) is 8.63. The summed E-state index contributed by atoms with van der Waals surface area (Å²) in [7, 11) is 1.52. The second-order valence-electron chi connectivity index (χ2n) is 6.20. The Bertz CT molecular complexity index is 844. The van der Waals surface area contributed by atoms with Gasteiger partial charge >= 0.3 is 0 Å². The lowest BCUT2D eigenvalue weighted by atomic mass is 9.90. The van der Waals surface area contributed by atoms with Gasteiger partial charge in [-0.25, -0.2) is 0 Å². The summed E-state index contributed by atoms with van der Waals surface area (Å²) in [6.45, 7) is 4.11. The first kappa shape index (κ1) is 17.9. The maximum Gasteiger partial charge on any atom is 0.223 e. The number of carbonyl (C=O) groups excluding carboxylic acids is 1. The number of rotatable bonds is 5. The minimum atomic E-state index is -0.182.